The van der Waals surface area contributed by atoms with Crippen molar-refractivity contribution >= 4 is 17.0 Å². The van der Waals surface area contributed by atoms with Crippen LogP contribution in [0.1, 0.15) is 12.0 Å². The first-order valence-corrected chi connectivity index (χ1v) is 13.0. The van der Waals surface area contributed by atoms with Crippen molar-refractivity contribution in [1.29, 1.82) is 5.26 Å². The van der Waals surface area contributed by atoms with Gasteiger partial charge in [0.1, 0.15) is 12.1 Å². The Morgan fingerprint density at radius 3 is 2.82 bits per heavy atom. The summed E-state index contributed by atoms with van der Waals surface area (Å²) in [4.78, 5) is 27.4. The number of nitrogens with zero attached hydrogens (tertiary/aromatic N) is 3. The fraction of sp³-hybridized carbons (Fsp3) is 0.464. The first-order chi connectivity index (χ1) is 18.5. The van der Waals surface area contributed by atoms with Crippen LogP contribution in [0.5, 0.6) is 0 Å². The SMILES string of the molecule is CN1CCOCC1Cn1c(=O)oc2ccc(-c3ccc(C[C@@H](C#N)NC(=O)[C@@H]4CNCCCO4)cc3)cc21. The van der Waals surface area contributed by atoms with E-state index in [0.717, 1.165) is 41.7 Å². The van der Waals surface area contributed by atoms with Gasteiger partial charge in [-0.25, -0.2) is 4.79 Å². The molecule has 0 bridgehead atoms. The molecule has 1 amide bonds. The Kier molecular flexibility index (Phi) is 8.20. The van der Waals surface area contributed by atoms with Crippen molar-refractivity contribution in [2.75, 3.05) is 46.5 Å². The van der Waals surface area contributed by atoms with E-state index >= 15 is 0 Å². The van der Waals surface area contributed by atoms with Gasteiger partial charge in [-0.05, 0) is 48.8 Å². The molecule has 1 unspecified atom stereocenters. The Morgan fingerprint density at radius 2 is 2.03 bits per heavy atom. The molecule has 2 aliphatic rings. The highest BCUT2D eigenvalue weighted by Gasteiger charge is 2.24. The number of benzene rings is 2. The summed E-state index contributed by atoms with van der Waals surface area (Å²) in [6.07, 6.45) is 0.660. The smallest absolute Gasteiger partial charge is 0.408 e. The van der Waals surface area contributed by atoms with Crippen molar-refractivity contribution in [3.63, 3.8) is 0 Å². The third-order valence-corrected chi connectivity index (χ3v) is 7.22. The summed E-state index contributed by atoms with van der Waals surface area (Å²) in [5, 5.41) is 15.6. The number of hydrogen-bond acceptors (Lipinski definition) is 8. The number of nitriles is 1. The highest BCUT2D eigenvalue weighted by Crippen LogP contribution is 2.25. The van der Waals surface area contributed by atoms with Gasteiger partial charge in [-0.15, -0.1) is 0 Å². The molecule has 10 heteroatoms. The summed E-state index contributed by atoms with van der Waals surface area (Å²) in [5.74, 6) is -0.644. The molecule has 2 saturated heterocycles. The van der Waals surface area contributed by atoms with Crippen molar-refractivity contribution < 1.29 is 18.7 Å². The van der Waals surface area contributed by atoms with Gasteiger partial charge in [0.2, 0.25) is 0 Å². The molecule has 3 heterocycles. The van der Waals surface area contributed by atoms with E-state index in [1.807, 2.05) is 49.5 Å². The molecule has 5 rings (SSSR count). The Labute approximate surface area is 221 Å². The second kappa shape index (κ2) is 11.9. The molecule has 2 fully saturated rings. The number of nitrogens with one attached hydrogen (secondary N) is 2. The number of carbonyl (C=O) groups excluding carboxylic acids is 1. The van der Waals surface area contributed by atoms with E-state index < -0.39 is 12.1 Å². The summed E-state index contributed by atoms with van der Waals surface area (Å²) in [5.41, 5.74) is 4.16. The largest absolute Gasteiger partial charge is 0.420 e. The number of morpholine rings is 1. The minimum absolute atomic E-state index is 0.101. The second-order valence-electron chi connectivity index (χ2n) is 9.88. The Bertz CT molecular complexity index is 1350. The van der Waals surface area contributed by atoms with E-state index in [9.17, 15) is 14.9 Å². The maximum Gasteiger partial charge on any atom is 0.420 e. The first kappa shape index (κ1) is 26.1. The number of oxazole rings is 1. The average molecular weight is 520 g/mol. The predicted octanol–water partition coefficient (Wildman–Crippen LogP) is 1.52. The van der Waals surface area contributed by atoms with Gasteiger partial charge in [-0.1, -0.05) is 30.3 Å². The van der Waals surface area contributed by atoms with E-state index in [1.54, 1.807) is 4.57 Å². The standard InChI is InChI=1S/C28H33N5O5/c1-32-10-12-36-18-23(32)17-33-24-14-21(7-8-25(24)38-28(33)35)20-5-3-19(4-6-20)13-22(15-29)31-27(34)26-16-30-9-2-11-37-26/h3-8,14,22-23,26,30H,2,9-13,16-18H2,1H3,(H,31,34)/t22-,23?,26-/m0/s1. The van der Waals surface area contributed by atoms with Crippen LogP contribution in [0, 0.1) is 11.3 Å². The normalized spacial score (nSPS) is 21.5. The molecule has 3 aromatic rings. The third-order valence-electron chi connectivity index (χ3n) is 7.22. The molecule has 2 N–H and O–H groups in total. The summed E-state index contributed by atoms with van der Waals surface area (Å²) in [6.45, 7) is 4.38. The summed E-state index contributed by atoms with van der Waals surface area (Å²) in [7, 11) is 2.04. The summed E-state index contributed by atoms with van der Waals surface area (Å²) >= 11 is 0. The van der Waals surface area contributed by atoms with Crippen molar-refractivity contribution in [1.82, 2.24) is 20.1 Å². The van der Waals surface area contributed by atoms with Crippen molar-refractivity contribution in [2.24, 2.45) is 0 Å². The molecule has 3 atom stereocenters. The van der Waals surface area contributed by atoms with E-state index in [0.29, 0.717) is 44.9 Å². The van der Waals surface area contributed by atoms with Crippen LogP contribution in [0.2, 0.25) is 0 Å². The fourth-order valence-electron chi connectivity index (χ4n) is 4.90. The number of amides is 1. The average Bonchev–Trinajstić information content (AvgIpc) is 3.09. The van der Waals surface area contributed by atoms with Gasteiger partial charge in [-0.3, -0.25) is 14.3 Å². The Hall–Kier alpha value is -3.49. The Balaban J connectivity index is 1.28. The highest BCUT2D eigenvalue weighted by atomic mass is 16.5. The van der Waals surface area contributed by atoms with Crippen molar-refractivity contribution in [3.8, 4) is 17.2 Å². The first-order valence-electron chi connectivity index (χ1n) is 13.0. The van der Waals surface area contributed by atoms with Gasteiger partial charge in [0, 0.05) is 32.7 Å². The van der Waals surface area contributed by atoms with Crippen LogP contribution in [0.15, 0.2) is 51.7 Å². The van der Waals surface area contributed by atoms with Gasteiger partial charge < -0.3 is 24.5 Å². The number of likely N-dealkylation sites (N-methyl/N-ethyl adjacent to an activating group) is 1. The lowest BCUT2D eigenvalue weighted by Crippen LogP contribution is -2.46. The van der Waals surface area contributed by atoms with Crippen molar-refractivity contribution in [2.45, 2.75) is 37.6 Å². The van der Waals surface area contributed by atoms with Crippen molar-refractivity contribution in [3.05, 3.63) is 58.6 Å². The molecule has 0 saturated carbocycles. The lowest BCUT2D eigenvalue weighted by molar-refractivity contribution is -0.132. The van der Waals surface area contributed by atoms with E-state index in [2.05, 4.69) is 21.6 Å². The summed E-state index contributed by atoms with van der Waals surface area (Å²) in [6, 6.07) is 15.2. The Morgan fingerprint density at radius 1 is 1.21 bits per heavy atom. The molecular formula is C28H33N5O5. The van der Waals surface area contributed by atoms with E-state index in [4.69, 9.17) is 13.9 Å². The summed E-state index contributed by atoms with van der Waals surface area (Å²) < 4.78 is 18.4. The second-order valence-corrected chi connectivity index (χ2v) is 9.88. The molecule has 200 valence electrons. The number of carbonyl (C=O) groups is 1. The number of ether oxygens (including phenoxy) is 2. The monoisotopic (exact) mass is 519 g/mol. The lowest BCUT2D eigenvalue weighted by Gasteiger charge is -2.32. The van der Waals surface area contributed by atoms with E-state index in [1.165, 1.54) is 0 Å². The van der Waals surface area contributed by atoms with Crippen LogP contribution in [0.3, 0.4) is 0 Å². The lowest BCUT2D eigenvalue weighted by atomic mass is 10.0. The highest BCUT2D eigenvalue weighted by molar-refractivity contribution is 5.82. The third kappa shape index (κ3) is 5.97. The van der Waals surface area contributed by atoms with Crippen LogP contribution in [0.4, 0.5) is 0 Å². The van der Waals surface area contributed by atoms with Gasteiger partial charge in [0.25, 0.3) is 5.91 Å². The van der Waals surface area contributed by atoms with Gasteiger partial charge >= 0.3 is 5.76 Å². The quantitative estimate of drug-likeness (QED) is 0.482. The van der Waals surface area contributed by atoms with Crippen LogP contribution in [-0.2, 0) is 27.2 Å². The van der Waals surface area contributed by atoms with Crippen LogP contribution in [0.25, 0.3) is 22.2 Å². The maximum atomic E-state index is 12.6. The molecule has 38 heavy (non-hydrogen) atoms. The zero-order valence-electron chi connectivity index (χ0n) is 21.5. The van der Waals surface area contributed by atoms with E-state index in [-0.39, 0.29) is 17.7 Å². The molecule has 2 aromatic carbocycles. The number of rotatable bonds is 7. The number of fused-ring (bicyclic) bond motifs is 1. The molecular weight excluding hydrogens is 486 g/mol. The fourth-order valence-corrected chi connectivity index (χ4v) is 4.90. The molecule has 0 aliphatic carbocycles. The predicted molar refractivity (Wildman–Crippen MR) is 142 cm³/mol. The minimum Gasteiger partial charge on any atom is -0.408 e. The molecule has 0 radical (unpaired) electrons. The van der Waals surface area contributed by atoms with Crippen LogP contribution < -0.4 is 16.4 Å². The topological polar surface area (TPSA) is 122 Å². The molecule has 2 aliphatic heterocycles. The zero-order valence-corrected chi connectivity index (χ0v) is 21.5. The van der Waals surface area contributed by atoms with Crippen LogP contribution >= 0.6 is 0 Å². The van der Waals surface area contributed by atoms with Gasteiger partial charge in [0.05, 0.1) is 30.8 Å². The number of hydrogen-bond donors (Lipinski definition) is 2. The van der Waals surface area contributed by atoms with Gasteiger partial charge in [0.15, 0.2) is 5.58 Å². The molecule has 1 aromatic heterocycles. The number of aromatic nitrogens is 1. The van der Waals surface area contributed by atoms with Gasteiger partial charge in [-0.2, -0.15) is 5.26 Å². The van der Waals surface area contributed by atoms with Crippen LogP contribution in [-0.4, -0.2) is 80.1 Å². The molecule has 0 spiro atoms. The molecule has 10 nitrogen and oxygen atoms in total. The minimum atomic E-state index is -0.654. The zero-order chi connectivity index (χ0) is 26.5. The maximum absolute atomic E-state index is 12.6.